The van der Waals surface area contributed by atoms with Crippen molar-refractivity contribution < 1.29 is 14.6 Å². The fourth-order valence-corrected chi connectivity index (χ4v) is 2.80. The molecule has 0 radical (unpaired) electrons. The summed E-state index contributed by atoms with van der Waals surface area (Å²) < 4.78 is 5.60. The maximum atomic E-state index is 12.5. The van der Waals surface area contributed by atoms with Crippen molar-refractivity contribution in [2.75, 3.05) is 0 Å². The Morgan fingerprint density at radius 3 is 2.42 bits per heavy atom. The van der Waals surface area contributed by atoms with Gasteiger partial charge in [-0.1, -0.05) is 48.5 Å². The van der Waals surface area contributed by atoms with Crippen molar-refractivity contribution in [3.8, 4) is 11.5 Å². The van der Waals surface area contributed by atoms with Gasteiger partial charge in [0, 0.05) is 5.39 Å². The van der Waals surface area contributed by atoms with Gasteiger partial charge in [-0.25, -0.2) is 4.79 Å². The minimum Gasteiger partial charge on any atom is -0.508 e. The van der Waals surface area contributed by atoms with E-state index < -0.39 is 5.97 Å². The highest BCUT2D eigenvalue weighted by molar-refractivity contribution is 5.98. The molecule has 0 aromatic heterocycles. The van der Waals surface area contributed by atoms with Crippen molar-refractivity contribution in [2.45, 2.75) is 0 Å². The number of hydrogen-bond acceptors (Lipinski definition) is 3. The van der Waals surface area contributed by atoms with Crippen molar-refractivity contribution in [3.05, 3.63) is 84.4 Å². The molecule has 0 amide bonds. The summed E-state index contributed by atoms with van der Waals surface area (Å²) in [5.41, 5.74) is 0.473. The number of carbonyl (C=O) groups is 1. The smallest absolute Gasteiger partial charge is 0.343 e. The van der Waals surface area contributed by atoms with Gasteiger partial charge in [0.25, 0.3) is 0 Å². The lowest BCUT2D eigenvalue weighted by Crippen LogP contribution is -2.08. The molecule has 0 fully saturated rings. The van der Waals surface area contributed by atoms with Crippen LogP contribution in [0.1, 0.15) is 10.4 Å². The first-order valence-electron chi connectivity index (χ1n) is 7.63. The Kier molecular flexibility index (Phi) is 3.39. The van der Waals surface area contributed by atoms with Gasteiger partial charge in [0.05, 0.1) is 5.56 Å². The van der Waals surface area contributed by atoms with E-state index in [2.05, 4.69) is 0 Å². The van der Waals surface area contributed by atoms with Crippen LogP contribution in [-0.2, 0) is 0 Å². The summed E-state index contributed by atoms with van der Waals surface area (Å²) in [5.74, 6) is 0.346. The number of benzene rings is 4. The Hall–Kier alpha value is -3.33. The zero-order valence-corrected chi connectivity index (χ0v) is 12.8. The molecule has 116 valence electrons. The maximum Gasteiger partial charge on any atom is 0.343 e. The highest BCUT2D eigenvalue weighted by Crippen LogP contribution is 2.27. The first-order chi connectivity index (χ1) is 11.7. The fraction of sp³-hybridized carbons (Fsp3) is 0. The van der Waals surface area contributed by atoms with Crippen LogP contribution in [0, 0.1) is 0 Å². The molecule has 0 bridgehead atoms. The van der Waals surface area contributed by atoms with Gasteiger partial charge in [0.2, 0.25) is 0 Å². The highest BCUT2D eigenvalue weighted by Gasteiger charge is 2.11. The molecular formula is C21H14O3. The second-order valence-corrected chi connectivity index (χ2v) is 5.61. The third-order valence-corrected chi connectivity index (χ3v) is 4.01. The quantitative estimate of drug-likeness (QED) is 0.422. The van der Waals surface area contributed by atoms with Crippen LogP contribution in [0.25, 0.3) is 21.5 Å². The van der Waals surface area contributed by atoms with E-state index in [0.717, 1.165) is 21.5 Å². The Labute approximate surface area is 138 Å². The molecule has 0 unspecified atom stereocenters. The molecule has 0 saturated carbocycles. The molecule has 0 spiro atoms. The Morgan fingerprint density at radius 1 is 0.750 bits per heavy atom. The third kappa shape index (κ3) is 2.57. The van der Waals surface area contributed by atoms with Crippen molar-refractivity contribution >= 4 is 27.5 Å². The Morgan fingerprint density at radius 2 is 1.50 bits per heavy atom. The van der Waals surface area contributed by atoms with Gasteiger partial charge in [-0.2, -0.15) is 0 Å². The number of fused-ring (bicyclic) bond motifs is 2. The van der Waals surface area contributed by atoms with E-state index in [1.54, 1.807) is 42.5 Å². The van der Waals surface area contributed by atoms with E-state index in [4.69, 9.17) is 4.74 Å². The van der Waals surface area contributed by atoms with Gasteiger partial charge >= 0.3 is 5.97 Å². The zero-order valence-electron chi connectivity index (χ0n) is 12.8. The van der Waals surface area contributed by atoms with Crippen molar-refractivity contribution in [3.63, 3.8) is 0 Å². The van der Waals surface area contributed by atoms with Crippen LogP contribution >= 0.6 is 0 Å². The minimum atomic E-state index is -0.402. The maximum absolute atomic E-state index is 12.5. The van der Waals surface area contributed by atoms with Crippen LogP contribution in [0.4, 0.5) is 0 Å². The summed E-state index contributed by atoms with van der Waals surface area (Å²) in [5, 5.41) is 13.2. The molecular weight excluding hydrogens is 300 g/mol. The number of ether oxygens (including phenoxy) is 1. The number of phenolic OH excluding ortho intramolecular Hbond substituents is 1. The Bertz CT molecular complexity index is 1060. The SMILES string of the molecule is O=C(Oc1cccc2ccccc12)c1ccc2cc(O)ccc2c1. The van der Waals surface area contributed by atoms with Crippen molar-refractivity contribution in [1.29, 1.82) is 0 Å². The van der Waals surface area contributed by atoms with Crippen LogP contribution in [0.3, 0.4) is 0 Å². The molecule has 0 heterocycles. The number of rotatable bonds is 2. The summed E-state index contributed by atoms with van der Waals surface area (Å²) >= 11 is 0. The molecule has 0 aliphatic carbocycles. The molecule has 4 aromatic carbocycles. The predicted molar refractivity (Wildman–Crippen MR) is 94.5 cm³/mol. The van der Waals surface area contributed by atoms with E-state index in [9.17, 15) is 9.90 Å². The normalized spacial score (nSPS) is 10.8. The van der Waals surface area contributed by atoms with Crippen LogP contribution in [0.2, 0.25) is 0 Å². The predicted octanol–water partition coefficient (Wildman–Crippen LogP) is 4.92. The minimum absolute atomic E-state index is 0.202. The zero-order chi connectivity index (χ0) is 16.5. The van der Waals surface area contributed by atoms with E-state index in [1.165, 1.54) is 0 Å². The van der Waals surface area contributed by atoms with E-state index in [1.807, 2.05) is 36.4 Å². The van der Waals surface area contributed by atoms with Crippen LogP contribution in [0.15, 0.2) is 78.9 Å². The summed E-state index contributed by atoms with van der Waals surface area (Å²) in [7, 11) is 0. The van der Waals surface area contributed by atoms with Gasteiger partial charge < -0.3 is 9.84 Å². The second-order valence-electron chi connectivity index (χ2n) is 5.61. The molecule has 4 aromatic rings. The first kappa shape index (κ1) is 14.3. The number of carbonyl (C=O) groups excluding carboxylic acids is 1. The molecule has 0 atom stereocenters. The molecule has 4 rings (SSSR count). The number of aromatic hydroxyl groups is 1. The van der Waals surface area contributed by atoms with E-state index in [0.29, 0.717) is 11.3 Å². The van der Waals surface area contributed by atoms with Crippen molar-refractivity contribution in [1.82, 2.24) is 0 Å². The first-order valence-corrected chi connectivity index (χ1v) is 7.63. The van der Waals surface area contributed by atoms with E-state index in [-0.39, 0.29) is 5.75 Å². The third-order valence-electron chi connectivity index (χ3n) is 4.01. The summed E-state index contributed by atoms with van der Waals surface area (Å²) in [4.78, 5) is 12.5. The molecule has 0 saturated heterocycles. The average Bonchev–Trinajstić information content (AvgIpc) is 2.61. The largest absolute Gasteiger partial charge is 0.508 e. The summed E-state index contributed by atoms with van der Waals surface area (Å²) in [6.45, 7) is 0. The monoisotopic (exact) mass is 314 g/mol. The topological polar surface area (TPSA) is 46.5 Å². The van der Waals surface area contributed by atoms with Gasteiger partial charge in [-0.05, 0) is 46.5 Å². The lowest BCUT2D eigenvalue weighted by Gasteiger charge is -2.08. The van der Waals surface area contributed by atoms with Crippen LogP contribution < -0.4 is 4.74 Å². The van der Waals surface area contributed by atoms with Gasteiger partial charge in [0.15, 0.2) is 0 Å². The Balaban J connectivity index is 1.69. The average molecular weight is 314 g/mol. The molecule has 24 heavy (non-hydrogen) atoms. The van der Waals surface area contributed by atoms with Gasteiger partial charge in [-0.15, -0.1) is 0 Å². The molecule has 0 aliphatic heterocycles. The highest BCUT2D eigenvalue weighted by atomic mass is 16.5. The van der Waals surface area contributed by atoms with E-state index >= 15 is 0 Å². The number of esters is 1. The number of phenols is 1. The summed E-state index contributed by atoms with van der Waals surface area (Å²) in [6, 6.07) is 23.7. The molecule has 0 aliphatic rings. The van der Waals surface area contributed by atoms with Crippen molar-refractivity contribution in [2.24, 2.45) is 0 Å². The lowest BCUT2D eigenvalue weighted by atomic mass is 10.1. The van der Waals surface area contributed by atoms with Crippen LogP contribution in [0.5, 0.6) is 11.5 Å². The van der Waals surface area contributed by atoms with Crippen LogP contribution in [-0.4, -0.2) is 11.1 Å². The van der Waals surface area contributed by atoms with Gasteiger partial charge in [0.1, 0.15) is 11.5 Å². The fourth-order valence-electron chi connectivity index (χ4n) is 2.80. The second kappa shape index (κ2) is 5.70. The van der Waals surface area contributed by atoms with Gasteiger partial charge in [-0.3, -0.25) is 0 Å². The molecule has 1 N–H and O–H groups in total. The molecule has 3 heteroatoms. The summed E-state index contributed by atoms with van der Waals surface area (Å²) in [6.07, 6.45) is 0. The molecule has 3 nitrogen and oxygen atoms in total. The lowest BCUT2D eigenvalue weighted by molar-refractivity contribution is 0.0737. The standard InChI is InChI=1S/C21H14O3/c22-18-11-10-15-12-17(9-8-16(15)13-18)21(23)24-20-7-3-5-14-4-1-2-6-19(14)20/h1-13,22H. The number of hydrogen-bond donors (Lipinski definition) is 1.